The van der Waals surface area contributed by atoms with Crippen molar-refractivity contribution < 1.29 is 9.52 Å². The highest BCUT2D eigenvalue weighted by molar-refractivity contribution is 5.73. The summed E-state index contributed by atoms with van der Waals surface area (Å²) >= 11 is 0. The fourth-order valence-corrected chi connectivity index (χ4v) is 4.03. The molecule has 4 nitrogen and oxygen atoms in total. The van der Waals surface area contributed by atoms with E-state index >= 15 is 0 Å². The Morgan fingerprint density at radius 2 is 2.05 bits per heavy atom. The fourth-order valence-electron chi connectivity index (χ4n) is 4.03. The number of fused-ring (bicyclic) bond motifs is 3. The molecule has 0 spiro atoms. The van der Waals surface area contributed by atoms with Crippen molar-refractivity contribution in [2.24, 2.45) is 0 Å². The monoisotopic (exact) mass is 272 g/mol. The molecule has 2 atom stereocenters. The van der Waals surface area contributed by atoms with Gasteiger partial charge < -0.3 is 14.4 Å². The molecule has 1 aromatic heterocycles. The second-order valence-corrected chi connectivity index (χ2v) is 6.38. The summed E-state index contributed by atoms with van der Waals surface area (Å²) in [5.74, 6) is 0. The van der Waals surface area contributed by atoms with Gasteiger partial charge in [0.05, 0.1) is 5.60 Å². The highest BCUT2D eigenvalue weighted by Gasteiger charge is 2.44. The predicted molar refractivity (Wildman–Crippen MR) is 76.3 cm³/mol. The van der Waals surface area contributed by atoms with Gasteiger partial charge in [-0.25, -0.2) is 4.98 Å². The molecule has 4 rings (SSSR count). The summed E-state index contributed by atoms with van der Waals surface area (Å²) < 4.78 is 5.28. The molecule has 20 heavy (non-hydrogen) atoms. The number of hydrogen-bond acceptors (Lipinski definition) is 4. The van der Waals surface area contributed by atoms with Crippen LogP contribution in [-0.4, -0.2) is 34.1 Å². The van der Waals surface area contributed by atoms with Crippen molar-refractivity contribution in [2.75, 3.05) is 7.05 Å². The van der Waals surface area contributed by atoms with Gasteiger partial charge in [-0.2, -0.15) is 0 Å². The van der Waals surface area contributed by atoms with E-state index in [1.165, 1.54) is 25.7 Å². The maximum absolute atomic E-state index is 11.2. The lowest BCUT2D eigenvalue weighted by atomic mass is 9.73. The molecule has 106 valence electrons. The molecule has 0 radical (unpaired) electrons. The van der Waals surface area contributed by atoms with Gasteiger partial charge in [-0.1, -0.05) is 12.5 Å². The maximum atomic E-state index is 11.2. The number of aromatic nitrogens is 1. The third-order valence-electron chi connectivity index (χ3n) is 5.24. The third-order valence-corrected chi connectivity index (χ3v) is 5.24. The molecule has 0 amide bonds. The number of hydrogen-bond donors (Lipinski definition) is 1. The molecule has 0 saturated carbocycles. The molecule has 2 unspecified atom stereocenters. The van der Waals surface area contributed by atoms with Crippen molar-refractivity contribution in [1.82, 2.24) is 9.88 Å². The van der Waals surface area contributed by atoms with Gasteiger partial charge in [0.25, 0.3) is 0 Å². The van der Waals surface area contributed by atoms with E-state index in [0.29, 0.717) is 12.1 Å². The Morgan fingerprint density at radius 1 is 1.30 bits per heavy atom. The third kappa shape index (κ3) is 1.79. The van der Waals surface area contributed by atoms with Crippen molar-refractivity contribution >= 4 is 11.1 Å². The summed E-state index contributed by atoms with van der Waals surface area (Å²) in [6.07, 6.45) is 6.79. The van der Waals surface area contributed by atoms with Gasteiger partial charge in [0.2, 0.25) is 0 Å². The van der Waals surface area contributed by atoms with Crippen LogP contribution in [-0.2, 0) is 5.60 Å². The molecule has 2 aliphatic heterocycles. The molecule has 2 fully saturated rings. The van der Waals surface area contributed by atoms with Gasteiger partial charge in [-0.05, 0) is 50.4 Å². The van der Waals surface area contributed by atoms with Crippen LogP contribution in [0.4, 0.5) is 0 Å². The van der Waals surface area contributed by atoms with E-state index in [1.807, 2.05) is 18.2 Å². The average molecular weight is 272 g/mol. The first-order chi connectivity index (χ1) is 9.66. The van der Waals surface area contributed by atoms with Crippen LogP contribution in [0.25, 0.3) is 11.1 Å². The minimum absolute atomic E-state index is 0.500. The first-order valence-electron chi connectivity index (χ1n) is 7.44. The minimum Gasteiger partial charge on any atom is -0.443 e. The summed E-state index contributed by atoms with van der Waals surface area (Å²) in [7, 11) is 2.20. The molecule has 2 saturated heterocycles. The largest absolute Gasteiger partial charge is 0.443 e. The van der Waals surface area contributed by atoms with Crippen molar-refractivity contribution in [3.63, 3.8) is 0 Å². The second-order valence-electron chi connectivity index (χ2n) is 6.38. The maximum Gasteiger partial charge on any atom is 0.181 e. The Labute approximate surface area is 118 Å². The molecule has 2 aromatic rings. The van der Waals surface area contributed by atoms with Crippen LogP contribution in [0.5, 0.6) is 0 Å². The molecule has 1 aromatic carbocycles. The zero-order valence-corrected chi connectivity index (χ0v) is 11.7. The zero-order chi connectivity index (χ0) is 13.7. The first-order valence-corrected chi connectivity index (χ1v) is 7.44. The predicted octanol–water partition coefficient (Wildman–Crippen LogP) is 2.66. The summed E-state index contributed by atoms with van der Waals surface area (Å²) in [6, 6.07) is 6.90. The summed E-state index contributed by atoms with van der Waals surface area (Å²) in [5, 5.41) is 11.2. The van der Waals surface area contributed by atoms with Crippen LogP contribution in [0.1, 0.15) is 37.7 Å². The Balaban J connectivity index is 1.72. The molecule has 0 aliphatic carbocycles. The summed E-state index contributed by atoms with van der Waals surface area (Å²) in [6.45, 7) is 0. The van der Waals surface area contributed by atoms with Gasteiger partial charge in [0.1, 0.15) is 5.52 Å². The molecule has 4 heteroatoms. The van der Waals surface area contributed by atoms with Crippen LogP contribution >= 0.6 is 0 Å². The van der Waals surface area contributed by atoms with Crippen molar-refractivity contribution in [3.8, 4) is 0 Å². The standard InChI is InChI=1S/C16H20N2O2/c1-18-12-3-2-4-13(18)9-16(19,8-12)11-5-6-15-14(7-11)17-10-20-15/h5-7,10,12-13,19H,2-4,8-9H2,1H3. The van der Waals surface area contributed by atoms with Gasteiger partial charge in [0.15, 0.2) is 12.0 Å². The smallest absolute Gasteiger partial charge is 0.181 e. The first kappa shape index (κ1) is 12.4. The van der Waals surface area contributed by atoms with Crippen molar-refractivity contribution in [1.29, 1.82) is 0 Å². The molecule has 2 aliphatic rings. The lowest BCUT2D eigenvalue weighted by Crippen LogP contribution is -2.55. The van der Waals surface area contributed by atoms with Gasteiger partial charge in [0, 0.05) is 12.1 Å². The van der Waals surface area contributed by atoms with Crippen LogP contribution in [0, 0.1) is 0 Å². The van der Waals surface area contributed by atoms with E-state index in [-0.39, 0.29) is 0 Å². The zero-order valence-electron chi connectivity index (χ0n) is 11.7. The number of benzene rings is 1. The van der Waals surface area contributed by atoms with Crippen LogP contribution in [0.15, 0.2) is 29.0 Å². The lowest BCUT2D eigenvalue weighted by molar-refractivity contribution is -0.0874. The average Bonchev–Trinajstić information content (AvgIpc) is 2.88. The molecular weight excluding hydrogens is 252 g/mol. The lowest BCUT2D eigenvalue weighted by Gasteiger charge is -2.50. The van der Waals surface area contributed by atoms with E-state index < -0.39 is 5.60 Å². The molecular formula is C16H20N2O2. The normalized spacial score (nSPS) is 34.5. The van der Waals surface area contributed by atoms with Gasteiger partial charge in [-0.15, -0.1) is 0 Å². The van der Waals surface area contributed by atoms with E-state index in [4.69, 9.17) is 4.42 Å². The Bertz CT molecular complexity index is 622. The highest BCUT2D eigenvalue weighted by Crippen LogP contribution is 2.43. The number of piperidine rings is 2. The highest BCUT2D eigenvalue weighted by atomic mass is 16.3. The molecule has 1 N–H and O–H groups in total. The van der Waals surface area contributed by atoms with Gasteiger partial charge in [-0.3, -0.25) is 0 Å². The number of oxazole rings is 1. The molecule has 2 bridgehead atoms. The van der Waals surface area contributed by atoms with Crippen molar-refractivity contribution in [2.45, 2.75) is 49.8 Å². The van der Waals surface area contributed by atoms with Crippen LogP contribution in [0.2, 0.25) is 0 Å². The fraction of sp³-hybridized carbons (Fsp3) is 0.562. The quantitative estimate of drug-likeness (QED) is 0.867. The molecule has 3 heterocycles. The van der Waals surface area contributed by atoms with Crippen LogP contribution < -0.4 is 0 Å². The Kier molecular flexibility index (Phi) is 2.66. The van der Waals surface area contributed by atoms with E-state index in [2.05, 4.69) is 16.9 Å². The Hall–Kier alpha value is -1.39. The SMILES string of the molecule is CN1C2CCCC1CC(O)(c1ccc3ocnc3c1)C2. The number of rotatable bonds is 1. The summed E-state index contributed by atoms with van der Waals surface area (Å²) in [4.78, 5) is 6.67. The summed E-state index contributed by atoms with van der Waals surface area (Å²) in [5.41, 5.74) is 1.89. The second kappa shape index (κ2) is 4.30. The number of nitrogens with zero attached hydrogens (tertiary/aromatic N) is 2. The van der Waals surface area contributed by atoms with Crippen LogP contribution in [0.3, 0.4) is 0 Å². The minimum atomic E-state index is -0.713. The Morgan fingerprint density at radius 3 is 2.80 bits per heavy atom. The van der Waals surface area contributed by atoms with E-state index in [1.54, 1.807) is 0 Å². The topological polar surface area (TPSA) is 49.5 Å². The number of aliphatic hydroxyl groups is 1. The van der Waals surface area contributed by atoms with E-state index in [0.717, 1.165) is 29.5 Å². The van der Waals surface area contributed by atoms with E-state index in [9.17, 15) is 5.11 Å². The van der Waals surface area contributed by atoms with Crippen molar-refractivity contribution in [3.05, 3.63) is 30.2 Å². The van der Waals surface area contributed by atoms with Gasteiger partial charge >= 0.3 is 0 Å².